The average Bonchev–Trinajstić information content (AvgIpc) is 3.13. The van der Waals surface area contributed by atoms with E-state index in [2.05, 4.69) is 39.2 Å². The fourth-order valence-corrected chi connectivity index (χ4v) is 3.15. The molecule has 0 unspecified atom stereocenters. The highest BCUT2D eigenvalue weighted by Gasteiger charge is 2.22. The lowest BCUT2D eigenvalue weighted by atomic mass is 10.1. The van der Waals surface area contributed by atoms with Gasteiger partial charge in [0.05, 0.1) is 5.56 Å². The first-order valence-corrected chi connectivity index (χ1v) is 8.82. The molecule has 0 saturated heterocycles. The second-order valence-corrected chi connectivity index (χ2v) is 6.31. The predicted octanol–water partition coefficient (Wildman–Crippen LogP) is 3.99. The molecule has 0 saturated carbocycles. The number of fused-ring (bicyclic) bond motifs is 1. The lowest BCUT2D eigenvalue weighted by Gasteiger charge is -2.16. The van der Waals surface area contributed by atoms with Crippen molar-refractivity contribution in [1.29, 1.82) is 0 Å². The summed E-state index contributed by atoms with van der Waals surface area (Å²) in [7, 11) is 0. The van der Waals surface area contributed by atoms with Crippen LogP contribution in [0.15, 0.2) is 60.9 Å². The van der Waals surface area contributed by atoms with Crippen molar-refractivity contribution >= 4 is 23.2 Å². The number of rotatable bonds is 4. The first-order chi connectivity index (χ1) is 12.7. The number of benzene rings is 2. The van der Waals surface area contributed by atoms with Gasteiger partial charge in [0.2, 0.25) is 5.95 Å². The zero-order chi connectivity index (χ0) is 17.9. The van der Waals surface area contributed by atoms with Crippen LogP contribution in [-0.4, -0.2) is 22.4 Å². The Morgan fingerprint density at radius 3 is 2.54 bits per heavy atom. The second-order valence-electron chi connectivity index (χ2n) is 6.31. The molecule has 0 fully saturated rings. The van der Waals surface area contributed by atoms with Crippen molar-refractivity contribution in [2.75, 3.05) is 16.8 Å². The van der Waals surface area contributed by atoms with Crippen LogP contribution in [0, 0.1) is 0 Å². The van der Waals surface area contributed by atoms with Gasteiger partial charge in [0.1, 0.15) is 0 Å². The number of aromatic nitrogens is 2. The maximum absolute atomic E-state index is 12.4. The summed E-state index contributed by atoms with van der Waals surface area (Å²) < 4.78 is 0. The van der Waals surface area contributed by atoms with Crippen LogP contribution in [0.2, 0.25) is 0 Å². The van der Waals surface area contributed by atoms with Crippen LogP contribution in [0.1, 0.15) is 28.4 Å². The van der Waals surface area contributed by atoms with Crippen molar-refractivity contribution in [2.45, 2.75) is 19.8 Å². The van der Waals surface area contributed by atoms with Crippen molar-refractivity contribution in [3.63, 3.8) is 0 Å². The SMILES string of the molecule is CCc1ccc(NC(=O)c2cnc(N3CCc4ccccc43)nc2)cc1. The van der Waals surface area contributed by atoms with Gasteiger partial charge in [-0.3, -0.25) is 4.79 Å². The molecule has 2 aromatic carbocycles. The van der Waals surface area contributed by atoms with Crippen LogP contribution in [-0.2, 0) is 12.8 Å². The number of nitrogens with one attached hydrogen (secondary N) is 1. The fraction of sp³-hybridized carbons (Fsp3) is 0.190. The molecule has 3 aromatic rings. The lowest BCUT2D eigenvalue weighted by Crippen LogP contribution is -2.18. The number of para-hydroxylation sites is 1. The molecule has 0 bridgehead atoms. The van der Waals surface area contributed by atoms with Gasteiger partial charge in [-0.1, -0.05) is 37.3 Å². The summed E-state index contributed by atoms with van der Waals surface area (Å²) >= 11 is 0. The van der Waals surface area contributed by atoms with Crippen molar-refractivity contribution < 1.29 is 4.79 Å². The Kier molecular flexibility index (Phi) is 4.35. The Hall–Kier alpha value is -3.21. The molecule has 26 heavy (non-hydrogen) atoms. The standard InChI is InChI=1S/C21H20N4O/c1-2-15-7-9-18(10-8-15)24-20(26)17-13-22-21(23-14-17)25-12-11-16-5-3-4-6-19(16)25/h3-10,13-14H,2,11-12H2,1H3,(H,24,26). The smallest absolute Gasteiger partial charge is 0.258 e. The largest absolute Gasteiger partial charge is 0.322 e. The predicted molar refractivity (Wildman–Crippen MR) is 103 cm³/mol. The van der Waals surface area contributed by atoms with Gasteiger partial charge in [-0.05, 0) is 42.2 Å². The highest BCUT2D eigenvalue weighted by Crippen LogP contribution is 2.31. The number of carbonyl (C=O) groups is 1. The van der Waals surface area contributed by atoms with Crippen LogP contribution >= 0.6 is 0 Å². The highest BCUT2D eigenvalue weighted by atomic mass is 16.1. The molecule has 0 atom stereocenters. The normalized spacial score (nSPS) is 12.7. The minimum atomic E-state index is -0.206. The van der Waals surface area contributed by atoms with Gasteiger partial charge in [-0.15, -0.1) is 0 Å². The van der Waals surface area contributed by atoms with E-state index in [1.54, 1.807) is 12.4 Å². The Labute approximate surface area is 152 Å². The summed E-state index contributed by atoms with van der Waals surface area (Å²) in [5.74, 6) is 0.418. The van der Waals surface area contributed by atoms with Crippen molar-refractivity contribution in [2.24, 2.45) is 0 Å². The van der Waals surface area contributed by atoms with Gasteiger partial charge in [-0.2, -0.15) is 0 Å². The average molecular weight is 344 g/mol. The number of hydrogen-bond donors (Lipinski definition) is 1. The second kappa shape index (κ2) is 6.96. The maximum Gasteiger partial charge on any atom is 0.258 e. The van der Waals surface area contributed by atoms with Crippen LogP contribution in [0.25, 0.3) is 0 Å². The van der Waals surface area contributed by atoms with Crippen LogP contribution < -0.4 is 10.2 Å². The van der Waals surface area contributed by atoms with E-state index in [9.17, 15) is 4.79 Å². The van der Waals surface area contributed by atoms with Gasteiger partial charge >= 0.3 is 0 Å². The first kappa shape index (κ1) is 16.3. The van der Waals surface area contributed by atoms with Crippen molar-refractivity contribution in [1.82, 2.24) is 9.97 Å². The summed E-state index contributed by atoms with van der Waals surface area (Å²) in [6.07, 6.45) is 5.12. The van der Waals surface area contributed by atoms with Gasteiger partial charge in [0.15, 0.2) is 0 Å². The molecule has 4 rings (SSSR count). The van der Waals surface area contributed by atoms with Crippen molar-refractivity contribution in [3.8, 4) is 0 Å². The first-order valence-electron chi connectivity index (χ1n) is 8.82. The molecule has 5 nitrogen and oxygen atoms in total. The zero-order valence-corrected chi connectivity index (χ0v) is 14.6. The molecule has 2 heterocycles. The summed E-state index contributed by atoms with van der Waals surface area (Å²) in [6, 6.07) is 16.1. The van der Waals surface area contributed by atoms with E-state index >= 15 is 0 Å². The molecule has 1 N–H and O–H groups in total. The summed E-state index contributed by atoms with van der Waals surface area (Å²) in [4.78, 5) is 23.3. The number of nitrogens with zero attached hydrogens (tertiary/aromatic N) is 3. The number of aryl methyl sites for hydroxylation is 1. The topological polar surface area (TPSA) is 58.1 Å². The number of hydrogen-bond acceptors (Lipinski definition) is 4. The summed E-state index contributed by atoms with van der Waals surface area (Å²) in [6.45, 7) is 2.96. The molecule has 1 aliphatic rings. The Bertz CT molecular complexity index is 920. The molecule has 1 aromatic heterocycles. The van der Waals surface area contributed by atoms with Gasteiger partial charge < -0.3 is 10.2 Å². The van der Waals surface area contributed by atoms with E-state index in [-0.39, 0.29) is 5.91 Å². The van der Waals surface area contributed by atoms with Crippen molar-refractivity contribution in [3.05, 3.63) is 77.6 Å². The Morgan fingerprint density at radius 2 is 1.81 bits per heavy atom. The Balaban J connectivity index is 1.48. The number of amides is 1. The molecular weight excluding hydrogens is 324 g/mol. The molecule has 0 spiro atoms. The van der Waals surface area contributed by atoms with E-state index in [1.165, 1.54) is 11.1 Å². The quantitative estimate of drug-likeness (QED) is 0.777. The summed E-state index contributed by atoms with van der Waals surface area (Å²) in [5, 5.41) is 2.88. The molecule has 0 radical (unpaired) electrons. The summed E-state index contributed by atoms with van der Waals surface area (Å²) in [5.41, 5.74) is 4.89. The lowest BCUT2D eigenvalue weighted by molar-refractivity contribution is 0.102. The molecular formula is C21H20N4O. The van der Waals surface area contributed by atoms with Gasteiger partial charge in [0.25, 0.3) is 5.91 Å². The molecule has 1 aliphatic heterocycles. The zero-order valence-electron chi connectivity index (χ0n) is 14.6. The third kappa shape index (κ3) is 3.16. The molecule has 130 valence electrons. The van der Waals surface area contributed by atoms with Crippen LogP contribution in [0.5, 0.6) is 0 Å². The third-order valence-electron chi connectivity index (χ3n) is 4.65. The third-order valence-corrected chi connectivity index (χ3v) is 4.65. The van der Waals surface area contributed by atoms with Gasteiger partial charge in [-0.25, -0.2) is 9.97 Å². The van der Waals surface area contributed by atoms with E-state index in [0.29, 0.717) is 11.5 Å². The van der Waals surface area contributed by atoms with Crippen LogP contribution in [0.4, 0.5) is 17.3 Å². The minimum Gasteiger partial charge on any atom is -0.322 e. The van der Waals surface area contributed by atoms with E-state index in [0.717, 1.165) is 30.8 Å². The van der Waals surface area contributed by atoms with E-state index in [4.69, 9.17) is 0 Å². The molecule has 0 aliphatic carbocycles. The molecule has 1 amide bonds. The molecule has 5 heteroatoms. The van der Waals surface area contributed by atoms with E-state index < -0.39 is 0 Å². The number of carbonyl (C=O) groups excluding carboxylic acids is 1. The highest BCUT2D eigenvalue weighted by molar-refractivity contribution is 6.03. The van der Waals surface area contributed by atoms with E-state index in [1.807, 2.05) is 36.4 Å². The fourth-order valence-electron chi connectivity index (χ4n) is 3.15. The maximum atomic E-state index is 12.4. The Morgan fingerprint density at radius 1 is 1.08 bits per heavy atom. The monoisotopic (exact) mass is 344 g/mol. The minimum absolute atomic E-state index is 0.206. The van der Waals surface area contributed by atoms with Gasteiger partial charge in [0, 0.05) is 30.3 Å². The number of anilines is 3. The van der Waals surface area contributed by atoms with Crippen LogP contribution in [0.3, 0.4) is 0 Å².